The smallest absolute Gasteiger partial charge is 0.233 e. The van der Waals surface area contributed by atoms with E-state index in [1.807, 2.05) is 29.9 Å². The zero-order valence-corrected chi connectivity index (χ0v) is 13.6. The normalized spacial score (nSPS) is 11.0. The zero-order chi connectivity index (χ0) is 16.6. The molecule has 4 nitrogen and oxygen atoms in total. The van der Waals surface area contributed by atoms with Crippen LogP contribution in [0.5, 0.6) is 0 Å². The first kappa shape index (κ1) is 15.8. The van der Waals surface area contributed by atoms with E-state index < -0.39 is 5.95 Å². The molecule has 1 N–H and O–H groups in total. The topological polar surface area (TPSA) is 46.9 Å². The molecule has 7 heteroatoms. The number of hydrogen-bond donors (Lipinski definition) is 1. The third-order valence-corrected chi connectivity index (χ3v) is 3.97. The number of nitrogens with zero attached hydrogens (tertiary/aromatic N) is 2. The van der Waals surface area contributed by atoms with Crippen molar-refractivity contribution >= 4 is 45.8 Å². The van der Waals surface area contributed by atoms with Crippen LogP contribution >= 0.6 is 23.2 Å². The molecule has 3 rings (SSSR count). The van der Waals surface area contributed by atoms with Crippen molar-refractivity contribution in [2.75, 3.05) is 5.32 Å². The molecular formula is C16H12Cl2FN3O. The lowest BCUT2D eigenvalue weighted by Gasteiger charge is -2.04. The lowest BCUT2D eigenvalue weighted by molar-refractivity contribution is -0.115. The number of amides is 1. The highest BCUT2D eigenvalue weighted by molar-refractivity contribution is 6.31. The number of nitrogens with one attached hydrogen (secondary N) is 1. The van der Waals surface area contributed by atoms with Crippen LogP contribution < -0.4 is 5.32 Å². The largest absolute Gasteiger partial charge is 0.350 e. The molecule has 23 heavy (non-hydrogen) atoms. The number of hydrogen-bond acceptors (Lipinski definition) is 2. The first-order valence-electron chi connectivity index (χ1n) is 6.79. The van der Waals surface area contributed by atoms with Gasteiger partial charge in [-0.05, 0) is 35.9 Å². The molecular weight excluding hydrogens is 340 g/mol. The van der Waals surface area contributed by atoms with E-state index in [2.05, 4.69) is 10.3 Å². The summed E-state index contributed by atoms with van der Waals surface area (Å²) in [6.07, 6.45) is 2.00. The number of aromatic nitrogens is 2. The van der Waals surface area contributed by atoms with Gasteiger partial charge in [0.1, 0.15) is 5.82 Å². The molecule has 118 valence electrons. The molecule has 0 aliphatic rings. The molecule has 0 saturated carbocycles. The van der Waals surface area contributed by atoms with Crippen molar-refractivity contribution in [1.29, 1.82) is 0 Å². The number of rotatable bonds is 3. The van der Waals surface area contributed by atoms with Gasteiger partial charge in [0.2, 0.25) is 11.9 Å². The number of pyridine rings is 1. The van der Waals surface area contributed by atoms with Crippen LogP contribution in [0.15, 0.2) is 36.5 Å². The summed E-state index contributed by atoms with van der Waals surface area (Å²) in [5.41, 5.74) is 1.81. The van der Waals surface area contributed by atoms with E-state index in [1.54, 1.807) is 6.07 Å². The van der Waals surface area contributed by atoms with Crippen LogP contribution in [0.3, 0.4) is 0 Å². The van der Waals surface area contributed by atoms with Crippen molar-refractivity contribution in [3.05, 3.63) is 58.1 Å². The Labute approximate surface area is 141 Å². The maximum absolute atomic E-state index is 13.3. The second-order valence-corrected chi connectivity index (χ2v) is 5.96. The molecule has 2 heterocycles. The van der Waals surface area contributed by atoms with Gasteiger partial charge in [-0.3, -0.25) is 4.79 Å². The van der Waals surface area contributed by atoms with Crippen molar-refractivity contribution in [1.82, 2.24) is 9.55 Å². The Kier molecular flexibility index (Phi) is 4.24. The van der Waals surface area contributed by atoms with Gasteiger partial charge in [0.25, 0.3) is 0 Å². The summed E-state index contributed by atoms with van der Waals surface area (Å²) < 4.78 is 15.2. The van der Waals surface area contributed by atoms with Crippen LogP contribution in [0.1, 0.15) is 5.56 Å². The monoisotopic (exact) mass is 351 g/mol. The highest BCUT2D eigenvalue weighted by atomic mass is 35.5. The minimum absolute atomic E-state index is 0.0910. The number of halogens is 3. The summed E-state index contributed by atoms with van der Waals surface area (Å²) >= 11 is 11.6. The fourth-order valence-electron chi connectivity index (χ4n) is 2.43. The van der Waals surface area contributed by atoms with Gasteiger partial charge in [-0.25, -0.2) is 4.98 Å². The van der Waals surface area contributed by atoms with Crippen LogP contribution in [0.2, 0.25) is 10.0 Å². The molecule has 3 aromatic rings. The van der Waals surface area contributed by atoms with E-state index in [0.717, 1.165) is 16.5 Å². The number of carbonyl (C=O) groups excluding carboxylic acids is 1. The van der Waals surface area contributed by atoms with Gasteiger partial charge >= 0.3 is 0 Å². The third-order valence-electron chi connectivity index (χ3n) is 3.46. The van der Waals surface area contributed by atoms with E-state index in [4.69, 9.17) is 23.2 Å². The molecule has 0 bridgehead atoms. The summed E-state index contributed by atoms with van der Waals surface area (Å²) in [5.74, 6) is -0.997. The molecule has 1 aromatic carbocycles. The first-order chi connectivity index (χ1) is 10.9. The van der Waals surface area contributed by atoms with Crippen molar-refractivity contribution < 1.29 is 9.18 Å². The fraction of sp³-hybridized carbons (Fsp3) is 0.125. The minimum Gasteiger partial charge on any atom is -0.350 e. The maximum Gasteiger partial charge on any atom is 0.233 e. The second kappa shape index (κ2) is 6.18. The van der Waals surface area contributed by atoms with Crippen molar-refractivity contribution in [2.45, 2.75) is 6.42 Å². The number of aryl methyl sites for hydroxylation is 1. The second-order valence-electron chi connectivity index (χ2n) is 5.12. The predicted molar refractivity (Wildman–Crippen MR) is 89.5 cm³/mol. The van der Waals surface area contributed by atoms with Crippen LogP contribution in [0, 0.1) is 5.95 Å². The molecule has 0 fully saturated rings. The molecule has 0 radical (unpaired) electrons. The predicted octanol–water partition coefficient (Wildman–Crippen LogP) is 4.20. The standard InChI is InChI=1S/C16H12Cl2FN3O/c1-22-8-9(11-7-10(17)2-4-13(11)22)6-15(23)20-14-5-3-12(18)16(19)21-14/h2-5,7-8H,6H2,1H3,(H,20,21,23). The van der Waals surface area contributed by atoms with Gasteiger partial charge in [-0.15, -0.1) is 0 Å². The summed E-state index contributed by atoms with van der Waals surface area (Å²) in [7, 11) is 1.90. The van der Waals surface area contributed by atoms with Gasteiger partial charge in [0, 0.05) is 29.2 Å². The Morgan fingerprint density at radius 3 is 2.83 bits per heavy atom. The average molecular weight is 352 g/mol. The Morgan fingerprint density at radius 1 is 1.30 bits per heavy atom. The molecule has 0 aliphatic heterocycles. The van der Waals surface area contributed by atoms with Gasteiger partial charge in [0.05, 0.1) is 11.4 Å². The minimum atomic E-state index is -0.818. The summed E-state index contributed by atoms with van der Waals surface area (Å²) in [6, 6.07) is 8.31. The van der Waals surface area contributed by atoms with E-state index in [0.29, 0.717) is 5.02 Å². The quantitative estimate of drug-likeness (QED) is 0.718. The van der Waals surface area contributed by atoms with E-state index in [1.165, 1.54) is 12.1 Å². The zero-order valence-electron chi connectivity index (χ0n) is 12.1. The van der Waals surface area contributed by atoms with Gasteiger partial charge in [-0.2, -0.15) is 4.39 Å². The van der Waals surface area contributed by atoms with Crippen LogP contribution in [0.4, 0.5) is 10.2 Å². The van der Waals surface area contributed by atoms with Crippen LogP contribution in [-0.4, -0.2) is 15.5 Å². The Hall–Kier alpha value is -2.11. The van der Waals surface area contributed by atoms with E-state index in [9.17, 15) is 9.18 Å². The molecule has 0 saturated heterocycles. The van der Waals surface area contributed by atoms with E-state index >= 15 is 0 Å². The molecule has 2 aromatic heterocycles. The van der Waals surface area contributed by atoms with E-state index in [-0.39, 0.29) is 23.2 Å². The van der Waals surface area contributed by atoms with Crippen molar-refractivity contribution in [2.24, 2.45) is 7.05 Å². The molecule has 0 unspecified atom stereocenters. The number of fused-ring (bicyclic) bond motifs is 1. The molecule has 1 amide bonds. The number of carbonyl (C=O) groups is 1. The lowest BCUT2D eigenvalue weighted by atomic mass is 10.1. The molecule has 0 aliphatic carbocycles. The number of benzene rings is 1. The number of anilines is 1. The fourth-order valence-corrected chi connectivity index (χ4v) is 2.71. The van der Waals surface area contributed by atoms with Gasteiger partial charge in [0.15, 0.2) is 0 Å². The first-order valence-corrected chi connectivity index (χ1v) is 7.55. The van der Waals surface area contributed by atoms with Gasteiger partial charge in [-0.1, -0.05) is 23.2 Å². The van der Waals surface area contributed by atoms with Gasteiger partial charge < -0.3 is 9.88 Å². The summed E-state index contributed by atoms with van der Waals surface area (Å²) in [4.78, 5) is 15.7. The lowest BCUT2D eigenvalue weighted by Crippen LogP contribution is -2.15. The Morgan fingerprint density at radius 2 is 2.09 bits per heavy atom. The van der Waals surface area contributed by atoms with Crippen LogP contribution in [0.25, 0.3) is 10.9 Å². The molecule has 0 atom stereocenters. The highest BCUT2D eigenvalue weighted by Crippen LogP contribution is 2.25. The van der Waals surface area contributed by atoms with Crippen molar-refractivity contribution in [3.63, 3.8) is 0 Å². The highest BCUT2D eigenvalue weighted by Gasteiger charge is 2.12. The average Bonchev–Trinajstić information content (AvgIpc) is 2.78. The van der Waals surface area contributed by atoms with Crippen LogP contribution in [-0.2, 0) is 18.3 Å². The SMILES string of the molecule is Cn1cc(CC(=O)Nc2ccc(Cl)c(F)n2)c2cc(Cl)ccc21. The molecule has 0 spiro atoms. The Balaban J connectivity index is 1.82. The van der Waals surface area contributed by atoms with Crippen molar-refractivity contribution in [3.8, 4) is 0 Å². The summed E-state index contributed by atoms with van der Waals surface area (Å²) in [6.45, 7) is 0. The third kappa shape index (κ3) is 3.30. The Bertz CT molecular complexity index is 908. The maximum atomic E-state index is 13.3. The summed E-state index contributed by atoms with van der Waals surface area (Å²) in [5, 5.41) is 3.98.